The van der Waals surface area contributed by atoms with Gasteiger partial charge in [0.15, 0.2) is 5.65 Å². The molecule has 3 aromatic rings. The molecule has 0 saturated heterocycles. The van der Waals surface area contributed by atoms with E-state index in [1.165, 1.54) is 4.57 Å². The third-order valence-electron chi connectivity index (χ3n) is 3.75. The number of fused-ring (bicyclic) bond motifs is 1. The van der Waals surface area contributed by atoms with Gasteiger partial charge in [-0.1, -0.05) is 37.7 Å². The number of halogens is 1. The van der Waals surface area contributed by atoms with Crippen molar-refractivity contribution < 1.29 is 0 Å². The van der Waals surface area contributed by atoms with Gasteiger partial charge in [0.1, 0.15) is 16.0 Å². The van der Waals surface area contributed by atoms with Gasteiger partial charge in [0.2, 0.25) is 0 Å². The summed E-state index contributed by atoms with van der Waals surface area (Å²) in [6.07, 6.45) is 0. The maximum Gasteiger partial charge on any atom is 0.335 e. The lowest BCUT2D eigenvalue weighted by atomic mass is 10.2. The summed E-state index contributed by atoms with van der Waals surface area (Å²) in [5, 5.41) is 0.612. The Morgan fingerprint density at radius 2 is 1.96 bits per heavy atom. The Labute approximate surface area is 143 Å². The van der Waals surface area contributed by atoms with Gasteiger partial charge in [-0.3, -0.25) is 9.13 Å². The molecule has 0 amide bonds. The fourth-order valence-electron chi connectivity index (χ4n) is 2.51. The number of rotatable bonds is 3. The van der Waals surface area contributed by atoms with Crippen LogP contribution in [0.4, 0.5) is 0 Å². The molecule has 0 aliphatic rings. The fourth-order valence-corrected chi connectivity index (χ4v) is 2.96. The summed E-state index contributed by atoms with van der Waals surface area (Å²) in [6.45, 7) is 6.52. The van der Waals surface area contributed by atoms with Crippen LogP contribution in [-0.4, -0.2) is 19.1 Å². The first kappa shape index (κ1) is 16.0. The van der Waals surface area contributed by atoms with Crippen LogP contribution in [-0.2, 0) is 6.54 Å². The van der Waals surface area contributed by atoms with E-state index in [0.29, 0.717) is 33.1 Å². The van der Waals surface area contributed by atoms with Crippen molar-refractivity contribution in [2.75, 3.05) is 0 Å². The zero-order valence-corrected chi connectivity index (χ0v) is 14.7. The Morgan fingerprint density at radius 3 is 2.52 bits per heavy atom. The fraction of sp³-hybridized carbons (Fsp3) is 0.312. The van der Waals surface area contributed by atoms with E-state index < -0.39 is 0 Å². The van der Waals surface area contributed by atoms with E-state index in [4.69, 9.17) is 23.8 Å². The maximum atomic E-state index is 12.9. The number of hydrogen-bond acceptors (Lipinski definition) is 3. The lowest BCUT2D eigenvalue weighted by Crippen LogP contribution is -2.30. The minimum absolute atomic E-state index is 0.200. The Balaban J connectivity index is 2.41. The molecule has 2 aromatic heterocycles. The van der Waals surface area contributed by atoms with E-state index in [1.54, 1.807) is 28.8 Å². The monoisotopic (exact) mass is 348 g/mol. The van der Waals surface area contributed by atoms with E-state index >= 15 is 0 Å². The van der Waals surface area contributed by atoms with E-state index in [1.807, 2.05) is 20.8 Å². The lowest BCUT2D eigenvalue weighted by molar-refractivity contribution is 0.689. The molecule has 1 N–H and O–H groups in total. The van der Waals surface area contributed by atoms with Gasteiger partial charge in [-0.15, -0.1) is 0 Å². The Bertz CT molecular complexity index is 982. The molecule has 0 bridgehead atoms. The third kappa shape index (κ3) is 2.62. The summed E-state index contributed by atoms with van der Waals surface area (Å²) in [5.74, 6) is 1.04. The minimum atomic E-state index is -0.200. The van der Waals surface area contributed by atoms with Gasteiger partial charge in [-0.2, -0.15) is 0 Å². The molecule has 0 aliphatic carbocycles. The molecule has 0 radical (unpaired) electrons. The predicted molar refractivity (Wildman–Crippen MR) is 95.3 cm³/mol. The molecule has 0 aliphatic heterocycles. The van der Waals surface area contributed by atoms with E-state index in [0.717, 1.165) is 5.82 Å². The summed E-state index contributed by atoms with van der Waals surface area (Å²) < 4.78 is 3.57. The van der Waals surface area contributed by atoms with Crippen molar-refractivity contribution in [1.29, 1.82) is 0 Å². The van der Waals surface area contributed by atoms with Gasteiger partial charge in [-0.05, 0) is 31.2 Å². The van der Waals surface area contributed by atoms with Crippen molar-refractivity contribution in [2.45, 2.75) is 33.2 Å². The van der Waals surface area contributed by atoms with E-state index in [9.17, 15) is 4.79 Å². The second-order valence-corrected chi connectivity index (χ2v) is 6.44. The van der Waals surface area contributed by atoms with Crippen LogP contribution < -0.4 is 5.69 Å². The molecule has 0 atom stereocenters. The molecule has 0 spiro atoms. The summed E-state index contributed by atoms with van der Waals surface area (Å²) in [5.41, 5.74) is 1.81. The van der Waals surface area contributed by atoms with Crippen LogP contribution in [0.5, 0.6) is 0 Å². The number of aromatic amines is 1. The first-order chi connectivity index (χ1) is 10.9. The number of nitrogens with zero attached hydrogens (tertiary/aromatic N) is 3. The molecule has 2 heterocycles. The first-order valence-corrected chi connectivity index (χ1v) is 8.24. The van der Waals surface area contributed by atoms with Crippen molar-refractivity contribution in [3.05, 3.63) is 50.2 Å². The normalized spacial score (nSPS) is 11.5. The molecular formula is C16H17ClN4OS. The molecule has 23 heavy (non-hydrogen) atoms. The molecule has 1 aromatic carbocycles. The lowest BCUT2D eigenvalue weighted by Gasteiger charge is -2.11. The van der Waals surface area contributed by atoms with Gasteiger partial charge in [0, 0.05) is 17.5 Å². The van der Waals surface area contributed by atoms with Crippen LogP contribution in [0.2, 0.25) is 5.02 Å². The van der Waals surface area contributed by atoms with Crippen LogP contribution in [0.3, 0.4) is 0 Å². The standard InChI is InChI=1S/C16H17ClN4OS/c1-4-20-14-12(18-13(19-14)9(2)3)15(23)21(16(20)22)11-7-5-10(17)6-8-11/h5-9H,4H2,1-3H3,(H,18,19). The molecule has 0 saturated carbocycles. The van der Waals surface area contributed by atoms with Gasteiger partial charge in [0.25, 0.3) is 0 Å². The number of aromatic nitrogens is 4. The number of benzene rings is 1. The van der Waals surface area contributed by atoms with Crippen LogP contribution >= 0.6 is 23.8 Å². The van der Waals surface area contributed by atoms with Gasteiger partial charge >= 0.3 is 5.69 Å². The molecule has 0 unspecified atom stereocenters. The van der Waals surface area contributed by atoms with Crippen molar-refractivity contribution in [3.8, 4) is 5.69 Å². The van der Waals surface area contributed by atoms with Crippen molar-refractivity contribution in [3.63, 3.8) is 0 Å². The van der Waals surface area contributed by atoms with Crippen molar-refractivity contribution >= 4 is 35.0 Å². The number of imidazole rings is 1. The van der Waals surface area contributed by atoms with Gasteiger partial charge < -0.3 is 4.98 Å². The Morgan fingerprint density at radius 1 is 1.30 bits per heavy atom. The van der Waals surface area contributed by atoms with E-state index in [-0.39, 0.29) is 11.6 Å². The van der Waals surface area contributed by atoms with Crippen molar-refractivity contribution in [2.24, 2.45) is 0 Å². The molecule has 7 heteroatoms. The molecule has 3 rings (SSSR count). The molecule has 0 fully saturated rings. The minimum Gasteiger partial charge on any atom is -0.338 e. The van der Waals surface area contributed by atoms with Crippen LogP contribution in [0.15, 0.2) is 29.1 Å². The van der Waals surface area contributed by atoms with Crippen molar-refractivity contribution in [1.82, 2.24) is 19.1 Å². The van der Waals surface area contributed by atoms with Gasteiger partial charge in [0.05, 0.1) is 5.69 Å². The Kier molecular flexibility index (Phi) is 4.12. The SMILES string of the molecule is CCn1c(=O)n(-c2ccc(Cl)cc2)c(=S)c2[nH]c(C(C)C)nc21. The number of H-pyrrole nitrogens is 1. The van der Waals surface area contributed by atoms with E-state index in [2.05, 4.69) is 9.97 Å². The zero-order chi connectivity index (χ0) is 16.7. The topological polar surface area (TPSA) is 55.6 Å². The van der Waals surface area contributed by atoms with Crippen LogP contribution in [0.1, 0.15) is 32.5 Å². The summed E-state index contributed by atoms with van der Waals surface area (Å²) in [7, 11) is 0. The highest BCUT2D eigenvalue weighted by molar-refractivity contribution is 7.71. The largest absolute Gasteiger partial charge is 0.338 e. The second-order valence-electron chi connectivity index (χ2n) is 5.62. The molecule has 5 nitrogen and oxygen atoms in total. The summed E-state index contributed by atoms with van der Waals surface area (Å²) >= 11 is 11.5. The molecular weight excluding hydrogens is 332 g/mol. The number of aryl methyl sites for hydroxylation is 1. The maximum absolute atomic E-state index is 12.9. The number of hydrogen-bond donors (Lipinski definition) is 1. The molecule has 120 valence electrons. The smallest absolute Gasteiger partial charge is 0.335 e. The average molecular weight is 349 g/mol. The highest BCUT2D eigenvalue weighted by Crippen LogP contribution is 2.19. The average Bonchev–Trinajstić information content (AvgIpc) is 2.95. The predicted octanol–water partition coefficient (Wildman–Crippen LogP) is 4.04. The third-order valence-corrected chi connectivity index (χ3v) is 4.38. The highest BCUT2D eigenvalue weighted by atomic mass is 35.5. The summed E-state index contributed by atoms with van der Waals surface area (Å²) in [6, 6.07) is 7.05. The highest BCUT2D eigenvalue weighted by Gasteiger charge is 2.16. The number of nitrogens with one attached hydrogen (secondary N) is 1. The first-order valence-electron chi connectivity index (χ1n) is 7.45. The summed E-state index contributed by atoms with van der Waals surface area (Å²) in [4.78, 5) is 20.7. The quantitative estimate of drug-likeness (QED) is 0.727. The van der Waals surface area contributed by atoms with Gasteiger partial charge in [-0.25, -0.2) is 9.78 Å². The van der Waals surface area contributed by atoms with Crippen LogP contribution in [0, 0.1) is 4.64 Å². The second kappa shape index (κ2) is 5.94. The zero-order valence-electron chi connectivity index (χ0n) is 13.1. The Hall–Kier alpha value is -1.92. The van der Waals surface area contributed by atoms with Crippen LogP contribution in [0.25, 0.3) is 16.9 Å².